The summed E-state index contributed by atoms with van der Waals surface area (Å²) >= 11 is 0. The molecule has 0 saturated heterocycles. The molecule has 6 nitrogen and oxygen atoms in total. The standard InChI is InChI=1S/C41H56O6SSi/c1-29(21-20-22-30(2)47-49(40(6,7)8,32-25-16-12-17-26-32)33-27-18-13-19-28-33)37(48(44,45)31-23-14-11-15-24-31)36(42)34-35(41(34,9)10)38(43)46-39(3,4)5/h11-19,21,23-28,30,34-37,42H,20,22H2,1-10H3/b29-21+/t30?,34-,35-,36?,37?/m0/s1. The molecule has 0 amide bonds. The maximum atomic E-state index is 14.2. The van der Waals surface area contributed by atoms with Crippen LogP contribution < -0.4 is 10.4 Å². The fraction of sp³-hybridized carbons (Fsp3) is 0.488. The molecule has 0 bridgehead atoms. The van der Waals surface area contributed by atoms with E-state index in [9.17, 15) is 18.3 Å². The normalized spacial score (nSPS) is 20.3. The minimum absolute atomic E-state index is 0.136. The molecule has 8 heteroatoms. The highest BCUT2D eigenvalue weighted by Crippen LogP contribution is 2.62. The van der Waals surface area contributed by atoms with Crippen LogP contribution in [0.1, 0.15) is 82.1 Å². The SMILES string of the molecule is C/C(=C\CCC(C)O[Si](c1ccccc1)(c1ccccc1)C(C)(C)C)C(C(O)[C@@H]1[C@@H](C(=O)OC(C)(C)C)C1(C)C)S(=O)(=O)c1ccccc1. The Morgan fingerprint density at radius 3 is 1.80 bits per heavy atom. The predicted molar refractivity (Wildman–Crippen MR) is 201 cm³/mol. The van der Waals surface area contributed by atoms with Crippen LogP contribution in [0.25, 0.3) is 0 Å². The first-order valence-corrected chi connectivity index (χ1v) is 20.9. The molecule has 0 radical (unpaired) electrons. The molecular formula is C41H56O6SSi. The van der Waals surface area contributed by atoms with Gasteiger partial charge in [-0.2, -0.15) is 0 Å². The number of allylic oxidation sites excluding steroid dienone is 1. The summed E-state index contributed by atoms with van der Waals surface area (Å²) < 4.78 is 41.4. The van der Waals surface area contributed by atoms with Crippen LogP contribution in [0.3, 0.4) is 0 Å². The van der Waals surface area contributed by atoms with Gasteiger partial charge in [0.1, 0.15) is 10.9 Å². The molecule has 49 heavy (non-hydrogen) atoms. The fourth-order valence-electron chi connectivity index (χ4n) is 7.49. The summed E-state index contributed by atoms with van der Waals surface area (Å²) in [4.78, 5) is 13.3. The lowest BCUT2D eigenvalue weighted by Gasteiger charge is -2.44. The number of hydrogen-bond acceptors (Lipinski definition) is 6. The van der Waals surface area contributed by atoms with E-state index in [-0.39, 0.29) is 16.0 Å². The molecule has 1 aliphatic rings. The van der Waals surface area contributed by atoms with Gasteiger partial charge in [0.05, 0.1) is 16.9 Å². The molecule has 3 aromatic rings. The molecule has 1 fully saturated rings. The van der Waals surface area contributed by atoms with Crippen molar-refractivity contribution in [1.82, 2.24) is 0 Å². The number of carbonyl (C=O) groups is 1. The van der Waals surface area contributed by atoms with Gasteiger partial charge in [-0.3, -0.25) is 4.79 Å². The highest BCUT2D eigenvalue weighted by Gasteiger charge is 2.67. The van der Waals surface area contributed by atoms with E-state index in [0.29, 0.717) is 18.4 Å². The molecular weight excluding hydrogens is 649 g/mol. The van der Waals surface area contributed by atoms with Gasteiger partial charge in [0.2, 0.25) is 0 Å². The first-order valence-electron chi connectivity index (χ1n) is 17.4. The lowest BCUT2D eigenvalue weighted by atomic mass is 9.99. The number of aliphatic hydroxyl groups is 1. The largest absolute Gasteiger partial charge is 0.460 e. The summed E-state index contributed by atoms with van der Waals surface area (Å²) in [5, 5.41) is 12.9. The Bertz CT molecular complexity index is 1650. The van der Waals surface area contributed by atoms with Crippen molar-refractivity contribution in [3.05, 3.63) is 103 Å². The monoisotopic (exact) mass is 704 g/mol. The van der Waals surface area contributed by atoms with Crippen molar-refractivity contribution in [3.63, 3.8) is 0 Å². The van der Waals surface area contributed by atoms with Gasteiger partial charge in [-0.25, -0.2) is 8.42 Å². The Balaban J connectivity index is 1.64. The second kappa shape index (κ2) is 14.7. The molecule has 3 unspecified atom stereocenters. The first-order chi connectivity index (χ1) is 22.7. The Hall–Kier alpha value is -3.04. The third-order valence-corrected chi connectivity index (χ3v) is 17.3. The van der Waals surface area contributed by atoms with Crippen LogP contribution in [-0.2, 0) is 23.8 Å². The van der Waals surface area contributed by atoms with Crippen molar-refractivity contribution in [2.45, 2.75) is 115 Å². The van der Waals surface area contributed by atoms with Gasteiger partial charge in [0.25, 0.3) is 8.32 Å². The summed E-state index contributed by atoms with van der Waals surface area (Å²) in [5.41, 5.74) is -0.756. The minimum Gasteiger partial charge on any atom is -0.460 e. The van der Waals surface area contributed by atoms with Gasteiger partial charge in [-0.1, -0.05) is 125 Å². The molecule has 0 spiro atoms. The number of carbonyl (C=O) groups excluding carboxylic acids is 1. The zero-order chi connectivity index (χ0) is 36.4. The lowest BCUT2D eigenvalue weighted by Crippen LogP contribution is -2.67. The van der Waals surface area contributed by atoms with Crippen molar-refractivity contribution >= 4 is 34.5 Å². The first kappa shape index (κ1) is 38.8. The molecule has 0 aliphatic heterocycles. The van der Waals surface area contributed by atoms with E-state index in [1.165, 1.54) is 10.4 Å². The van der Waals surface area contributed by atoms with Crippen molar-refractivity contribution in [1.29, 1.82) is 0 Å². The third kappa shape index (κ3) is 8.30. The summed E-state index contributed by atoms with van der Waals surface area (Å²) in [6.07, 6.45) is 1.70. The van der Waals surface area contributed by atoms with Gasteiger partial charge in [0.15, 0.2) is 9.84 Å². The van der Waals surface area contributed by atoms with Crippen LogP contribution >= 0.6 is 0 Å². The highest BCUT2D eigenvalue weighted by molar-refractivity contribution is 7.92. The van der Waals surface area contributed by atoms with E-state index in [2.05, 4.69) is 76.2 Å². The minimum atomic E-state index is -4.00. The Morgan fingerprint density at radius 1 is 0.878 bits per heavy atom. The number of sulfone groups is 1. The van der Waals surface area contributed by atoms with E-state index < -0.39 is 58.3 Å². The van der Waals surface area contributed by atoms with Crippen LogP contribution in [0.5, 0.6) is 0 Å². The van der Waals surface area contributed by atoms with Gasteiger partial charge < -0.3 is 14.3 Å². The summed E-state index contributed by atoms with van der Waals surface area (Å²) in [6.45, 7) is 19.8. The second-order valence-corrected chi connectivity index (χ2v) is 22.6. The number of esters is 1. The molecule has 0 aromatic heterocycles. The quantitative estimate of drug-likeness (QED) is 0.113. The Kier molecular flexibility index (Phi) is 11.6. The number of benzene rings is 3. The zero-order valence-electron chi connectivity index (χ0n) is 30.9. The van der Waals surface area contributed by atoms with Crippen molar-refractivity contribution in [2.24, 2.45) is 17.3 Å². The van der Waals surface area contributed by atoms with E-state index >= 15 is 0 Å². The molecule has 1 N–H and O–H groups in total. The molecule has 0 heterocycles. The molecule has 4 rings (SSSR count). The average molecular weight is 705 g/mol. The van der Waals surface area contributed by atoms with Crippen LogP contribution in [0, 0.1) is 17.3 Å². The van der Waals surface area contributed by atoms with E-state index in [4.69, 9.17) is 9.16 Å². The van der Waals surface area contributed by atoms with Gasteiger partial charge >= 0.3 is 5.97 Å². The third-order valence-electron chi connectivity index (χ3n) is 9.94. The predicted octanol–water partition coefficient (Wildman–Crippen LogP) is 7.50. The van der Waals surface area contributed by atoms with Gasteiger partial charge in [-0.05, 0) is 80.4 Å². The Labute approximate surface area is 296 Å². The van der Waals surface area contributed by atoms with Crippen molar-refractivity contribution < 1.29 is 27.5 Å². The van der Waals surface area contributed by atoms with E-state index in [1.807, 2.05) is 32.1 Å². The number of rotatable bonds is 13. The van der Waals surface area contributed by atoms with Gasteiger partial charge in [-0.15, -0.1) is 0 Å². The molecule has 3 aromatic carbocycles. The topological polar surface area (TPSA) is 89.9 Å². The van der Waals surface area contributed by atoms with E-state index in [0.717, 1.165) is 0 Å². The number of aliphatic hydroxyl groups excluding tert-OH is 1. The summed E-state index contributed by atoms with van der Waals surface area (Å²) in [6, 6.07) is 29.3. The van der Waals surface area contributed by atoms with Crippen molar-refractivity contribution in [2.75, 3.05) is 0 Å². The van der Waals surface area contributed by atoms with Crippen LogP contribution in [0.2, 0.25) is 5.04 Å². The second-order valence-electron chi connectivity index (χ2n) is 16.2. The Morgan fingerprint density at radius 2 is 1.35 bits per heavy atom. The smallest absolute Gasteiger partial charge is 0.310 e. The zero-order valence-corrected chi connectivity index (χ0v) is 32.8. The number of ether oxygens (including phenoxy) is 1. The molecule has 5 atom stereocenters. The molecule has 266 valence electrons. The van der Waals surface area contributed by atoms with E-state index in [1.54, 1.807) is 58.0 Å². The van der Waals surface area contributed by atoms with Crippen LogP contribution in [0.15, 0.2) is 108 Å². The maximum Gasteiger partial charge on any atom is 0.310 e. The van der Waals surface area contributed by atoms with Crippen LogP contribution in [0.4, 0.5) is 0 Å². The summed E-state index contributed by atoms with van der Waals surface area (Å²) in [7, 11) is -6.77. The lowest BCUT2D eigenvalue weighted by molar-refractivity contribution is -0.157. The summed E-state index contributed by atoms with van der Waals surface area (Å²) in [5.74, 6) is -1.59. The van der Waals surface area contributed by atoms with Gasteiger partial charge in [0, 0.05) is 12.0 Å². The fourth-order valence-corrected chi connectivity index (χ4v) is 14.2. The number of hydrogen-bond donors (Lipinski definition) is 1. The average Bonchev–Trinajstić information content (AvgIpc) is 3.61. The molecule has 1 aliphatic carbocycles. The highest BCUT2D eigenvalue weighted by atomic mass is 32.2. The van der Waals surface area contributed by atoms with Crippen molar-refractivity contribution in [3.8, 4) is 0 Å². The molecule has 1 saturated carbocycles. The van der Waals surface area contributed by atoms with Crippen LogP contribution in [-0.4, -0.2) is 50.9 Å². The maximum absolute atomic E-state index is 14.2.